The SMILES string of the molecule is CCNC(=NCCCn1ccnc1)NCCCN(CC)c1ccccc1.I. The minimum absolute atomic E-state index is 0. The summed E-state index contributed by atoms with van der Waals surface area (Å²) in [6.07, 6.45) is 7.72. The van der Waals surface area contributed by atoms with E-state index in [-0.39, 0.29) is 24.0 Å². The summed E-state index contributed by atoms with van der Waals surface area (Å²) in [7, 11) is 0. The number of imidazole rings is 1. The van der Waals surface area contributed by atoms with Crippen LogP contribution in [0.15, 0.2) is 54.0 Å². The number of aryl methyl sites for hydroxylation is 1. The normalized spacial score (nSPS) is 11.0. The Morgan fingerprint density at radius 2 is 1.96 bits per heavy atom. The van der Waals surface area contributed by atoms with Gasteiger partial charge in [0.2, 0.25) is 0 Å². The van der Waals surface area contributed by atoms with Gasteiger partial charge in [0.05, 0.1) is 6.33 Å². The van der Waals surface area contributed by atoms with Gasteiger partial charge in [-0.05, 0) is 38.8 Å². The largest absolute Gasteiger partial charge is 0.372 e. The van der Waals surface area contributed by atoms with Crippen molar-refractivity contribution in [3.63, 3.8) is 0 Å². The maximum Gasteiger partial charge on any atom is 0.191 e. The topological polar surface area (TPSA) is 57.5 Å². The molecule has 0 unspecified atom stereocenters. The second-order valence-corrected chi connectivity index (χ2v) is 6.11. The molecule has 1 aromatic heterocycles. The maximum atomic E-state index is 4.65. The summed E-state index contributed by atoms with van der Waals surface area (Å²) in [6.45, 7) is 9.89. The molecule has 1 aromatic carbocycles. The lowest BCUT2D eigenvalue weighted by atomic mass is 10.2. The van der Waals surface area contributed by atoms with Crippen LogP contribution in [0.3, 0.4) is 0 Å². The third-order valence-electron chi connectivity index (χ3n) is 4.15. The molecule has 2 N–H and O–H groups in total. The van der Waals surface area contributed by atoms with Crippen molar-refractivity contribution in [3.8, 4) is 0 Å². The molecule has 0 radical (unpaired) electrons. The van der Waals surface area contributed by atoms with Gasteiger partial charge >= 0.3 is 0 Å². The van der Waals surface area contributed by atoms with Crippen molar-refractivity contribution in [2.45, 2.75) is 33.2 Å². The molecule has 7 heteroatoms. The molecule has 0 aliphatic rings. The van der Waals surface area contributed by atoms with Crippen molar-refractivity contribution in [3.05, 3.63) is 49.1 Å². The second kappa shape index (κ2) is 14.3. The monoisotopic (exact) mass is 484 g/mol. The Morgan fingerprint density at radius 3 is 2.63 bits per heavy atom. The van der Waals surface area contributed by atoms with Crippen LogP contribution in [0.5, 0.6) is 0 Å². The molecule has 0 bridgehead atoms. The van der Waals surface area contributed by atoms with Gasteiger partial charge in [0.25, 0.3) is 0 Å². The number of rotatable bonds is 11. The molecule has 0 atom stereocenters. The van der Waals surface area contributed by atoms with Crippen LogP contribution in [0.4, 0.5) is 5.69 Å². The Labute approximate surface area is 180 Å². The van der Waals surface area contributed by atoms with Gasteiger partial charge in [-0.15, -0.1) is 24.0 Å². The molecule has 0 aliphatic heterocycles. The number of nitrogens with zero attached hydrogens (tertiary/aromatic N) is 4. The fourth-order valence-electron chi connectivity index (χ4n) is 2.79. The van der Waals surface area contributed by atoms with Crippen LogP contribution in [-0.2, 0) is 6.54 Å². The van der Waals surface area contributed by atoms with E-state index in [0.717, 1.165) is 58.1 Å². The molecule has 0 fully saturated rings. The zero-order valence-corrected chi connectivity index (χ0v) is 18.8. The van der Waals surface area contributed by atoms with Crippen LogP contribution >= 0.6 is 24.0 Å². The van der Waals surface area contributed by atoms with Crippen molar-refractivity contribution in [1.82, 2.24) is 20.2 Å². The Balaban J connectivity index is 0.00000364. The van der Waals surface area contributed by atoms with Gasteiger partial charge < -0.3 is 20.1 Å². The Bertz CT molecular complexity index is 615. The lowest BCUT2D eigenvalue weighted by Crippen LogP contribution is -2.39. The summed E-state index contributed by atoms with van der Waals surface area (Å²) in [5.74, 6) is 0.904. The zero-order chi connectivity index (χ0) is 18.5. The first-order chi connectivity index (χ1) is 12.8. The number of aromatic nitrogens is 2. The van der Waals surface area contributed by atoms with Crippen LogP contribution in [0.25, 0.3) is 0 Å². The molecule has 150 valence electrons. The number of halogens is 1. The van der Waals surface area contributed by atoms with Crippen LogP contribution in [0.1, 0.15) is 26.7 Å². The Morgan fingerprint density at radius 1 is 1.15 bits per heavy atom. The summed E-state index contributed by atoms with van der Waals surface area (Å²) in [4.78, 5) is 11.1. The summed E-state index contributed by atoms with van der Waals surface area (Å²) in [5.41, 5.74) is 1.29. The highest BCUT2D eigenvalue weighted by Crippen LogP contribution is 2.12. The first-order valence-corrected chi connectivity index (χ1v) is 9.61. The number of aliphatic imine (C=N–C) groups is 1. The second-order valence-electron chi connectivity index (χ2n) is 6.11. The smallest absolute Gasteiger partial charge is 0.191 e. The van der Waals surface area contributed by atoms with E-state index in [2.05, 4.69) is 74.3 Å². The van der Waals surface area contributed by atoms with Crippen LogP contribution in [0.2, 0.25) is 0 Å². The van der Waals surface area contributed by atoms with Gasteiger partial charge in [0.1, 0.15) is 0 Å². The molecule has 1 heterocycles. The predicted molar refractivity (Wildman–Crippen MR) is 125 cm³/mol. The number of para-hydroxylation sites is 1. The Hall–Kier alpha value is -1.77. The van der Waals surface area contributed by atoms with Crippen molar-refractivity contribution in [2.24, 2.45) is 4.99 Å². The first-order valence-electron chi connectivity index (χ1n) is 9.61. The zero-order valence-electron chi connectivity index (χ0n) is 16.5. The predicted octanol–water partition coefficient (Wildman–Crippen LogP) is 3.36. The number of guanidine groups is 1. The summed E-state index contributed by atoms with van der Waals surface area (Å²) >= 11 is 0. The maximum absolute atomic E-state index is 4.65. The van der Waals surface area contributed by atoms with Crippen molar-refractivity contribution >= 4 is 35.6 Å². The molecule has 6 nitrogen and oxygen atoms in total. The van der Waals surface area contributed by atoms with E-state index < -0.39 is 0 Å². The quantitative estimate of drug-likeness (QED) is 0.222. The van der Waals surface area contributed by atoms with Crippen molar-refractivity contribution in [2.75, 3.05) is 37.6 Å². The van der Waals surface area contributed by atoms with E-state index in [1.807, 2.05) is 18.7 Å². The Kier molecular flexibility index (Phi) is 12.3. The fraction of sp³-hybridized carbons (Fsp3) is 0.500. The van der Waals surface area contributed by atoms with E-state index >= 15 is 0 Å². The molecule has 0 amide bonds. The molecule has 0 aliphatic carbocycles. The van der Waals surface area contributed by atoms with Crippen LogP contribution in [-0.4, -0.2) is 48.2 Å². The molecule has 0 saturated carbocycles. The lowest BCUT2D eigenvalue weighted by Gasteiger charge is -2.23. The van der Waals surface area contributed by atoms with Gasteiger partial charge in [0.15, 0.2) is 5.96 Å². The van der Waals surface area contributed by atoms with E-state index in [9.17, 15) is 0 Å². The highest BCUT2D eigenvalue weighted by molar-refractivity contribution is 14.0. The average molecular weight is 484 g/mol. The number of hydrogen-bond donors (Lipinski definition) is 2. The summed E-state index contributed by atoms with van der Waals surface area (Å²) in [6, 6.07) is 10.6. The molecular formula is C20H33IN6. The standard InChI is InChI=1S/C20H32N6.HI/c1-3-22-20(23-12-8-15-25-17-14-21-18-25)24-13-9-16-26(4-2)19-10-6-5-7-11-19;/h5-7,10-11,14,17-18H,3-4,8-9,12-13,15-16H2,1-2H3,(H2,22,23,24);1H. The summed E-state index contributed by atoms with van der Waals surface area (Å²) < 4.78 is 2.08. The lowest BCUT2D eigenvalue weighted by molar-refractivity contribution is 0.645. The van der Waals surface area contributed by atoms with Gasteiger partial charge in [0, 0.05) is 57.3 Å². The van der Waals surface area contributed by atoms with E-state index in [0.29, 0.717) is 0 Å². The minimum Gasteiger partial charge on any atom is -0.372 e. The highest BCUT2D eigenvalue weighted by atomic mass is 127. The third kappa shape index (κ3) is 9.12. The number of nitrogens with one attached hydrogen (secondary N) is 2. The first kappa shape index (κ1) is 23.3. The van der Waals surface area contributed by atoms with Crippen LogP contribution < -0.4 is 15.5 Å². The van der Waals surface area contributed by atoms with Crippen molar-refractivity contribution < 1.29 is 0 Å². The third-order valence-corrected chi connectivity index (χ3v) is 4.15. The van der Waals surface area contributed by atoms with Crippen molar-refractivity contribution in [1.29, 1.82) is 0 Å². The molecule has 0 saturated heterocycles. The minimum atomic E-state index is 0. The molecular weight excluding hydrogens is 451 g/mol. The molecule has 0 spiro atoms. The number of benzene rings is 1. The molecule has 2 rings (SSSR count). The van der Waals surface area contributed by atoms with E-state index in [4.69, 9.17) is 0 Å². The average Bonchev–Trinajstić information content (AvgIpc) is 3.19. The van der Waals surface area contributed by atoms with Gasteiger partial charge in [-0.1, -0.05) is 18.2 Å². The van der Waals surface area contributed by atoms with Gasteiger partial charge in [-0.2, -0.15) is 0 Å². The molecule has 27 heavy (non-hydrogen) atoms. The van der Waals surface area contributed by atoms with Gasteiger partial charge in [-0.25, -0.2) is 4.98 Å². The van der Waals surface area contributed by atoms with E-state index in [1.54, 1.807) is 0 Å². The number of anilines is 1. The van der Waals surface area contributed by atoms with Gasteiger partial charge in [-0.3, -0.25) is 4.99 Å². The fourth-order valence-corrected chi connectivity index (χ4v) is 2.79. The van der Waals surface area contributed by atoms with E-state index in [1.165, 1.54) is 5.69 Å². The van der Waals surface area contributed by atoms with Crippen LogP contribution in [0, 0.1) is 0 Å². The highest BCUT2D eigenvalue weighted by Gasteiger charge is 2.03. The number of hydrogen-bond acceptors (Lipinski definition) is 3. The summed E-state index contributed by atoms with van der Waals surface area (Å²) in [5, 5.41) is 6.75. The molecule has 2 aromatic rings.